The lowest BCUT2D eigenvalue weighted by atomic mass is 9.91. The van der Waals surface area contributed by atoms with Crippen molar-refractivity contribution < 1.29 is 9.13 Å². The van der Waals surface area contributed by atoms with Crippen LogP contribution >= 0.6 is 0 Å². The molecule has 3 heterocycles. The molecule has 0 fully saturated rings. The maximum absolute atomic E-state index is 13.8. The van der Waals surface area contributed by atoms with Gasteiger partial charge in [-0.15, -0.1) is 0 Å². The number of hydrogen-bond acceptors (Lipinski definition) is 4. The van der Waals surface area contributed by atoms with E-state index in [2.05, 4.69) is 4.98 Å². The Morgan fingerprint density at radius 1 is 1.17 bits per heavy atom. The van der Waals surface area contributed by atoms with Crippen LogP contribution in [-0.2, 0) is 6.54 Å². The lowest BCUT2D eigenvalue weighted by Gasteiger charge is -2.22. The highest BCUT2D eigenvalue weighted by molar-refractivity contribution is 5.63. The Morgan fingerprint density at radius 3 is 2.83 bits per heavy atom. The summed E-state index contributed by atoms with van der Waals surface area (Å²) >= 11 is 0. The van der Waals surface area contributed by atoms with E-state index >= 15 is 0 Å². The molecular formula is C23H22FN5O. The molecule has 1 aliphatic rings. The molecule has 6 nitrogen and oxygen atoms in total. The summed E-state index contributed by atoms with van der Waals surface area (Å²) in [5.41, 5.74) is 3.67. The van der Waals surface area contributed by atoms with Gasteiger partial charge in [-0.2, -0.15) is 5.10 Å². The van der Waals surface area contributed by atoms with Crippen LogP contribution in [0.3, 0.4) is 0 Å². The molecular weight excluding hydrogens is 381 g/mol. The Morgan fingerprint density at radius 2 is 2.07 bits per heavy atom. The largest absolute Gasteiger partial charge is 0.495 e. The standard InChI is InChI=1S/C23H22FN5O/c1-15-13-28(14-25-15)20-9-8-17(12-21(20)30-2)22-26-23-19(7-4-10-29(23)27-22)16-5-3-6-18(24)11-16/h3,5-6,8-9,11-14,19H,4,7,10H2,1-2H3. The first-order valence-electron chi connectivity index (χ1n) is 10.0. The number of fused-ring (bicyclic) bond motifs is 1. The van der Waals surface area contributed by atoms with Crippen LogP contribution in [0.5, 0.6) is 5.75 Å². The number of methoxy groups -OCH3 is 1. The zero-order valence-electron chi connectivity index (χ0n) is 16.9. The summed E-state index contributed by atoms with van der Waals surface area (Å²) in [6.45, 7) is 2.77. The minimum absolute atomic E-state index is 0.0470. The summed E-state index contributed by atoms with van der Waals surface area (Å²) in [6.07, 6.45) is 5.64. The van der Waals surface area contributed by atoms with Crippen LogP contribution in [0.1, 0.15) is 35.8 Å². The summed E-state index contributed by atoms with van der Waals surface area (Å²) in [7, 11) is 1.65. The predicted octanol–water partition coefficient (Wildman–Crippen LogP) is 4.51. The topological polar surface area (TPSA) is 57.8 Å². The lowest BCUT2D eigenvalue weighted by Crippen LogP contribution is -2.18. The number of nitrogens with zero attached hydrogens (tertiary/aromatic N) is 5. The van der Waals surface area contributed by atoms with E-state index in [4.69, 9.17) is 14.8 Å². The fraction of sp³-hybridized carbons (Fsp3) is 0.261. The van der Waals surface area contributed by atoms with Crippen LogP contribution in [0.2, 0.25) is 0 Å². The number of rotatable bonds is 4. The summed E-state index contributed by atoms with van der Waals surface area (Å²) in [5, 5.41) is 4.74. The van der Waals surface area contributed by atoms with Crippen LogP contribution < -0.4 is 4.74 Å². The van der Waals surface area contributed by atoms with Crippen molar-refractivity contribution in [3.63, 3.8) is 0 Å². The molecule has 0 N–H and O–H groups in total. The summed E-state index contributed by atoms with van der Waals surface area (Å²) in [4.78, 5) is 9.13. The molecule has 1 aliphatic heterocycles. The van der Waals surface area contributed by atoms with Gasteiger partial charge in [0.1, 0.15) is 17.4 Å². The quantitative estimate of drug-likeness (QED) is 0.503. The number of aryl methyl sites for hydroxylation is 2. The molecule has 4 aromatic rings. The fourth-order valence-corrected chi connectivity index (χ4v) is 4.10. The van der Waals surface area contributed by atoms with E-state index in [9.17, 15) is 4.39 Å². The number of benzene rings is 2. The van der Waals surface area contributed by atoms with Crippen molar-refractivity contribution in [2.75, 3.05) is 7.11 Å². The lowest BCUT2D eigenvalue weighted by molar-refractivity contribution is 0.413. The van der Waals surface area contributed by atoms with Gasteiger partial charge >= 0.3 is 0 Å². The number of imidazole rings is 1. The van der Waals surface area contributed by atoms with Gasteiger partial charge in [0, 0.05) is 24.2 Å². The van der Waals surface area contributed by atoms with Gasteiger partial charge in [0.2, 0.25) is 0 Å². The molecule has 152 valence electrons. The van der Waals surface area contributed by atoms with Gasteiger partial charge in [-0.05, 0) is 55.7 Å². The van der Waals surface area contributed by atoms with Crippen molar-refractivity contribution in [3.05, 3.63) is 77.9 Å². The van der Waals surface area contributed by atoms with Gasteiger partial charge in [-0.25, -0.2) is 19.0 Å². The van der Waals surface area contributed by atoms with E-state index in [0.29, 0.717) is 5.82 Å². The minimum Gasteiger partial charge on any atom is -0.495 e. The predicted molar refractivity (Wildman–Crippen MR) is 111 cm³/mol. The van der Waals surface area contributed by atoms with Crippen molar-refractivity contribution >= 4 is 0 Å². The molecule has 1 unspecified atom stereocenters. The minimum atomic E-state index is -0.223. The van der Waals surface area contributed by atoms with Crippen molar-refractivity contribution in [1.82, 2.24) is 24.3 Å². The van der Waals surface area contributed by atoms with Gasteiger partial charge in [-0.3, -0.25) is 0 Å². The maximum Gasteiger partial charge on any atom is 0.181 e. The molecule has 5 rings (SSSR count). The molecule has 2 aromatic heterocycles. The monoisotopic (exact) mass is 403 g/mol. The molecule has 0 amide bonds. The van der Waals surface area contributed by atoms with Gasteiger partial charge < -0.3 is 9.30 Å². The Labute approximate surface area is 174 Å². The highest BCUT2D eigenvalue weighted by Gasteiger charge is 2.26. The van der Waals surface area contributed by atoms with Gasteiger partial charge in [0.15, 0.2) is 5.82 Å². The highest BCUT2D eigenvalue weighted by atomic mass is 19.1. The fourth-order valence-electron chi connectivity index (χ4n) is 4.10. The molecule has 0 spiro atoms. The molecule has 7 heteroatoms. The third kappa shape index (κ3) is 3.26. The number of aromatic nitrogens is 5. The Bertz CT molecular complexity index is 1210. The maximum atomic E-state index is 13.8. The van der Waals surface area contributed by atoms with Crippen LogP contribution in [0, 0.1) is 12.7 Å². The average Bonchev–Trinajstić information content (AvgIpc) is 3.39. The summed E-state index contributed by atoms with van der Waals surface area (Å²) in [5.74, 6) is 2.08. The van der Waals surface area contributed by atoms with E-state index < -0.39 is 0 Å². The van der Waals surface area contributed by atoms with Crippen LogP contribution in [0.25, 0.3) is 17.1 Å². The van der Waals surface area contributed by atoms with Crippen LogP contribution in [0.15, 0.2) is 55.0 Å². The second-order valence-electron chi connectivity index (χ2n) is 7.58. The van der Waals surface area contributed by atoms with Gasteiger partial charge in [-0.1, -0.05) is 12.1 Å². The molecule has 0 saturated heterocycles. The molecule has 0 saturated carbocycles. The van der Waals surface area contributed by atoms with E-state index in [-0.39, 0.29) is 11.7 Å². The molecule has 0 aliphatic carbocycles. The van der Waals surface area contributed by atoms with E-state index in [0.717, 1.165) is 53.5 Å². The first kappa shape index (κ1) is 18.5. The first-order valence-corrected chi connectivity index (χ1v) is 10.0. The van der Waals surface area contributed by atoms with Crippen molar-refractivity contribution in [2.24, 2.45) is 0 Å². The van der Waals surface area contributed by atoms with Crippen molar-refractivity contribution in [3.8, 4) is 22.8 Å². The highest BCUT2D eigenvalue weighted by Crippen LogP contribution is 2.35. The smallest absolute Gasteiger partial charge is 0.181 e. The van der Waals surface area contributed by atoms with Gasteiger partial charge in [0.05, 0.1) is 24.8 Å². The summed E-state index contributed by atoms with van der Waals surface area (Å²) in [6, 6.07) is 12.7. The molecule has 30 heavy (non-hydrogen) atoms. The van der Waals surface area contributed by atoms with Crippen LogP contribution in [-0.4, -0.2) is 31.4 Å². The van der Waals surface area contributed by atoms with Crippen molar-refractivity contribution in [2.45, 2.75) is 32.2 Å². The third-order valence-electron chi connectivity index (χ3n) is 5.55. The normalized spacial score (nSPS) is 15.8. The second-order valence-corrected chi connectivity index (χ2v) is 7.58. The Hall–Kier alpha value is -3.48. The summed E-state index contributed by atoms with van der Waals surface area (Å²) < 4.78 is 23.3. The van der Waals surface area contributed by atoms with E-state index in [1.807, 2.05) is 46.6 Å². The number of hydrogen-bond donors (Lipinski definition) is 0. The van der Waals surface area contributed by atoms with Gasteiger partial charge in [0.25, 0.3) is 0 Å². The number of halogens is 1. The zero-order valence-corrected chi connectivity index (χ0v) is 16.9. The molecule has 0 radical (unpaired) electrons. The van der Waals surface area contributed by atoms with E-state index in [1.165, 1.54) is 6.07 Å². The zero-order chi connectivity index (χ0) is 20.7. The van der Waals surface area contributed by atoms with Crippen LogP contribution in [0.4, 0.5) is 4.39 Å². The molecule has 2 aromatic carbocycles. The first-order chi connectivity index (χ1) is 14.6. The SMILES string of the molecule is COc1cc(-c2nc3n(n2)CCCC3c2cccc(F)c2)ccc1-n1cnc(C)c1. The Balaban J connectivity index is 1.53. The second kappa shape index (κ2) is 7.40. The average molecular weight is 403 g/mol. The Kier molecular flexibility index (Phi) is 4.58. The van der Waals surface area contributed by atoms with Crippen molar-refractivity contribution in [1.29, 1.82) is 0 Å². The van der Waals surface area contributed by atoms with E-state index in [1.54, 1.807) is 25.6 Å². The molecule has 0 bridgehead atoms. The number of ether oxygens (including phenoxy) is 1. The third-order valence-corrected chi connectivity index (χ3v) is 5.55. The molecule has 1 atom stereocenters.